The number of halogens is 4. The second-order valence-electron chi connectivity index (χ2n) is 8.22. The van der Waals surface area contributed by atoms with Crippen molar-refractivity contribution < 1.29 is 22.8 Å². The van der Waals surface area contributed by atoms with Crippen LogP contribution in [0.25, 0.3) is 0 Å². The van der Waals surface area contributed by atoms with E-state index in [0.717, 1.165) is 35.6 Å². The van der Waals surface area contributed by atoms with Crippen LogP contribution in [-0.4, -0.2) is 40.1 Å². The number of benzene rings is 1. The van der Waals surface area contributed by atoms with Crippen molar-refractivity contribution in [2.75, 3.05) is 18.9 Å². The molecule has 1 N–H and O–H groups in total. The summed E-state index contributed by atoms with van der Waals surface area (Å²) < 4.78 is 40.9. The molecule has 0 aliphatic heterocycles. The molecule has 1 heterocycles. The number of amides is 2. The monoisotopic (exact) mass is 472 g/mol. The summed E-state index contributed by atoms with van der Waals surface area (Å²) in [4.78, 5) is 26.0. The molecule has 0 radical (unpaired) electrons. The average molecular weight is 473 g/mol. The minimum atomic E-state index is -4.64. The van der Waals surface area contributed by atoms with E-state index in [1.54, 1.807) is 0 Å². The Labute approximate surface area is 190 Å². The number of carbonyl (C=O) groups excluding carboxylic acids is 2. The van der Waals surface area contributed by atoms with E-state index in [0.29, 0.717) is 12.3 Å². The van der Waals surface area contributed by atoms with Gasteiger partial charge in [-0.2, -0.15) is 18.3 Å². The fourth-order valence-electron chi connectivity index (χ4n) is 3.37. The van der Waals surface area contributed by atoms with E-state index in [1.807, 2.05) is 18.5 Å². The highest BCUT2D eigenvalue weighted by Crippen LogP contribution is 2.36. The zero-order valence-corrected chi connectivity index (χ0v) is 19.6. The van der Waals surface area contributed by atoms with Gasteiger partial charge in [-0.1, -0.05) is 25.4 Å². The van der Waals surface area contributed by atoms with Crippen molar-refractivity contribution in [2.45, 2.75) is 53.3 Å². The van der Waals surface area contributed by atoms with Crippen molar-refractivity contribution in [1.82, 2.24) is 14.7 Å². The van der Waals surface area contributed by atoms with Gasteiger partial charge in [-0.05, 0) is 49.9 Å². The van der Waals surface area contributed by atoms with Crippen molar-refractivity contribution in [1.29, 1.82) is 0 Å². The number of hydrogen-bond acceptors (Lipinski definition) is 3. The molecule has 0 aliphatic carbocycles. The molecule has 2 amide bonds. The number of nitrogens with one attached hydrogen (secondary N) is 1. The first kappa shape index (κ1) is 25.7. The highest BCUT2D eigenvalue weighted by atomic mass is 35.5. The van der Waals surface area contributed by atoms with Crippen LogP contribution < -0.4 is 5.32 Å². The van der Waals surface area contributed by atoms with E-state index < -0.39 is 22.7 Å². The number of hydrogen-bond donors (Lipinski definition) is 1. The number of likely N-dealkylation sites (N-methyl/N-ethyl adjacent to an activating group) is 1. The van der Waals surface area contributed by atoms with Crippen LogP contribution in [0.2, 0.25) is 5.02 Å². The van der Waals surface area contributed by atoms with E-state index in [2.05, 4.69) is 24.3 Å². The lowest BCUT2D eigenvalue weighted by atomic mass is 10.1. The Bertz CT molecular complexity index is 986. The van der Waals surface area contributed by atoms with Gasteiger partial charge in [0.2, 0.25) is 11.8 Å². The van der Waals surface area contributed by atoms with E-state index in [4.69, 9.17) is 11.6 Å². The first-order valence-electron chi connectivity index (χ1n) is 10.2. The molecule has 0 bridgehead atoms. The van der Waals surface area contributed by atoms with Gasteiger partial charge in [0.15, 0.2) is 0 Å². The fourth-order valence-corrected chi connectivity index (χ4v) is 3.59. The zero-order valence-electron chi connectivity index (χ0n) is 18.8. The summed E-state index contributed by atoms with van der Waals surface area (Å²) in [5, 5.41) is 6.46. The minimum Gasteiger partial charge on any atom is -0.336 e. The van der Waals surface area contributed by atoms with Crippen molar-refractivity contribution in [3.63, 3.8) is 0 Å². The van der Waals surface area contributed by atoms with E-state index in [1.165, 1.54) is 18.0 Å². The molecular weight excluding hydrogens is 445 g/mol. The smallest absolute Gasteiger partial charge is 0.336 e. The summed E-state index contributed by atoms with van der Waals surface area (Å²) >= 11 is 5.59. The van der Waals surface area contributed by atoms with Crippen LogP contribution in [0, 0.1) is 19.8 Å². The summed E-state index contributed by atoms with van der Waals surface area (Å²) in [6.07, 6.45) is -3.95. The Kier molecular flexibility index (Phi) is 8.34. The number of rotatable bonds is 8. The first-order chi connectivity index (χ1) is 14.8. The van der Waals surface area contributed by atoms with Gasteiger partial charge in [0.1, 0.15) is 0 Å². The summed E-state index contributed by atoms with van der Waals surface area (Å²) in [5.74, 6) is -0.406. The highest BCUT2D eigenvalue weighted by Gasteiger charge is 2.33. The number of nitrogens with zero attached hydrogens (tertiary/aromatic N) is 3. The summed E-state index contributed by atoms with van der Waals surface area (Å²) in [7, 11) is 1.48. The van der Waals surface area contributed by atoms with Crippen LogP contribution >= 0.6 is 11.6 Å². The number of anilines is 1. The van der Waals surface area contributed by atoms with Gasteiger partial charge in [0, 0.05) is 31.4 Å². The largest absolute Gasteiger partial charge is 0.417 e. The van der Waals surface area contributed by atoms with Gasteiger partial charge < -0.3 is 10.2 Å². The van der Waals surface area contributed by atoms with Crippen LogP contribution in [0.5, 0.6) is 0 Å². The topological polar surface area (TPSA) is 67.2 Å². The van der Waals surface area contributed by atoms with Crippen LogP contribution in [0.1, 0.15) is 42.8 Å². The third kappa shape index (κ3) is 6.72. The van der Waals surface area contributed by atoms with Gasteiger partial charge in [0.05, 0.1) is 22.8 Å². The molecule has 10 heteroatoms. The fraction of sp³-hybridized carbons (Fsp3) is 0.500. The average Bonchev–Trinajstić information content (AvgIpc) is 2.92. The van der Waals surface area contributed by atoms with Crippen LogP contribution in [-0.2, 0) is 28.7 Å². The molecule has 0 unspecified atom stereocenters. The molecule has 1 aromatic heterocycles. The number of alkyl halides is 3. The molecular formula is C22H28ClF3N4O2. The van der Waals surface area contributed by atoms with Gasteiger partial charge >= 0.3 is 6.18 Å². The Balaban J connectivity index is 1.94. The maximum Gasteiger partial charge on any atom is 0.417 e. The second-order valence-corrected chi connectivity index (χ2v) is 8.62. The molecule has 32 heavy (non-hydrogen) atoms. The van der Waals surface area contributed by atoms with Crippen molar-refractivity contribution in [2.24, 2.45) is 5.92 Å². The number of carbonyl (C=O) groups is 2. The van der Waals surface area contributed by atoms with Crippen LogP contribution in [0.4, 0.5) is 18.9 Å². The lowest BCUT2D eigenvalue weighted by Crippen LogP contribution is -2.35. The van der Waals surface area contributed by atoms with Gasteiger partial charge in [-0.3, -0.25) is 14.3 Å². The molecule has 0 fully saturated rings. The van der Waals surface area contributed by atoms with Crippen molar-refractivity contribution >= 4 is 29.1 Å². The maximum absolute atomic E-state index is 13.0. The Morgan fingerprint density at radius 2 is 1.91 bits per heavy atom. The van der Waals surface area contributed by atoms with E-state index >= 15 is 0 Å². The quantitative estimate of drug-likeness (QED) is 0.596. The molecule has 0 saturated heterocycles. The first-order valence-corrected chi connectivity index (χ1v) is 10.6. The maximum atomic E-state index is 13.0. The molecule has 176 valence electrons. The number of aromatic nitrogens is 2. The van der Waals surface area contributed by atoms with Crippen LogP contribution in [0.15, 0.2) is 18.2 Å². The Morgan fingerprint density at radius 3 is 2.50 bits per heavy atom. The predicted molar refractivity (Wildman–Crippen MR) is 118 cm³/mol. The molecule has 0 spiro atoms. The summed E-state index contributed by atoms with van der Waals surface area (Å²) in [5.41, 5.74) is 1.83. The molecule has 0 saturated carbocycles. The summed E-state index contributed by atoms with van der Waals surface area (Å²) in [6.45, 7) is 8.60. The third-order valence-corrected chi connectivity index (χ3v) is 5.35. The molecule has 2 aromatic rings. The van der Waals surface area contributed by atoms with Crippen molar-refractivity contribution in [3.05, 3.63) is 45.7 Å². The van der Waals surface area contributed by atoms with Gasteiger partial charge in [-0.15, -0.1) is 0 Å². The second kappa shape index (κ2) is 10.4. The lowest BCUT2D eigenvalue weighted by molar-refractivity contribution is -0.137. The molecule has 0 aliphatic rings. The SMILES string of the molecule is Cc1nn(CC(C)C)c(C)c1CCC(=O)N(C)CC(=O)Nc1ccc(Cl)c(C(F)(F)F)c1. The van der Waals surface area contributed by atoms with Gasteiger partial charge in [0.25, 0.3) is 0 Å². The summed E-state index contributed by atoms with van der Waals surface area (Å²) in [6, 6.07) is 3.11. The van der Waals surface area contributed by atoms with Crippen molar-refractivity contribution in [3.8, 4) is 0 Å². The molecule has 0 atom stereocenters. The Hall–Kier alpha value is -2.55. The predicted octanol–water partition coefficient (Wildman–Crippen LogP) is 4.86. The lowest BCUT2D eigenvalue weighted by Gasteiger charge is -2.17. The molecule has 6 nitrogen and oxygen atoms in total. The zero-order chi connectivity index (χ0) is 24.2. The van der Waals surface area contributed by atoms with E-state index in [-0.39, 0.29) is 24.6 Å². The standard InChI is InChI=1S/C22H28ClF3N4O2/c1-13(2)11-30-15(4)17(14(3)28-30)7-9-21(32)29(5)12-20(31)27-16-6-8-19(23)18(10-16)22(24,25)26/h6,8,10,13H,7,9,11-12H2,1-5H3,(H,27,31). The van der Waals surface area contributed by atoms with Gasteiger partial charge in [-0.25, -0.2) is 0 Å². The minimum absolute atomic E-state index is 0.0450. The Morgan fingerprint density at radius 1 is 1.25 bits per heavy atom. The normalized spacial score (nSPS) is 11.7. The highest BCUT2D eigenvalue weighted by molar-refractivity contribution is 6.31. The van der Waals surface area contributed by atoms with Crippen LogP contribution in [0.3, 0.4) is 0 Å². The third-order valence-electron chi connectivity index (χ3n) is 5.02. The number of aryl methyl sites for hydroxylation is 1. The molecule has 2 rings (SSSR count). The molecule has 1 aromatic carbocycles. The van der Waals surface area contributed by atoms with E-state index in [9.17, 15) is 22.8 Å².